The number of carbonyl (C=O) groups excluding carboxylic acids is 2. The standard InChI is InChI=1S/C19H22N4O3/c1-3-26-19(25)14-6-8-15(9-7-14)22-18(24)16-12-17(21-13(2)20-16)23-10-4-5-11-23/h6-9,12H,3-5,10-11H2,1-2H3,(H,22,24). The number of carbonyl (C=O) groups is 2. The number of anilines is 2. The van der Waals surface area contributed by atoms with Crippen molar-refractivity contribution in [2.75, 3.05) is 29.9 Å². The highest BCUT2D eigenvalue weighted by molar-refractivity contribution is 6.03. The van der Waals surface area contributed by atoms with E-state index in [0.717, 1.165) is 31.7 Å². The van der Waals surface area contributed by atoms with Crippen molar-refractivity contribution in [3.05, 3.63) is 47.4 Å². The SMILES string of the molecule is CCOC(=O)c1ccc(NC(=O)c2cc(N3CCCC3)nc(C)n2)cc1. The monoisotopic (exact) mass is 354 g/mol. The summed E-state index contributed by atoms with van der Waals surface area (Å²) < 4.78 is 4.95. The van der Waals surface area contributed by atoms with Crippen LogP contribution in [-0.4, -0.2) is 41.5 Å². The molecule has 1 aromatic carbocycles. The molecule has 1 aromatic heterocycles. The van der Waals surface area contributed by atoms with Gasteiger partial charge in [-0.2, -0.15) is 0 Å². The predicted molar refractivity (Wildman–Crippen MR) is 98.6 cm³/mol. The van der Waals surface area contributed by atoms with Crippen molar-refractivity contribution in [3.63, 3.8) is 0 Å². The van der Waals surface area contributed by atoms with Gasteiger partial charge in [-0.05, 0) is 51.0 Å². The van der Waals surface area contributed by atoms with Gasteiger partial charge in [0, 0.05) is 24.8 Å². The Morgan fingerprint density at radius 3 is 2.50 bits per heavy atom. The van der Waals surface area contributed by atoms with Gasteiger partial charge in [0.2, 0.25) is 0 Å². The van der Waals surface area contributed by atoms with Crippen LogP contribution < -0.4 is 10.2 Å². The van der Waals surface area contributed by atoms with E-state index >= 15 is 0 Å². The van der Waals surface area contributed by atoms with Crippen LogP contribution in [0.15, 0.2) is 30.3 Å². The molecular weight excluding hydrogens is 332 g/mol. The smallest absolute Gasteiger partial charge is 0.338 e. The van der Waals surface area contributed by atoms with Gasteiger partial charge in [0.25, 0.3) is 5.91 Å². The van der Waals surface area contributed by atoms with Gasteiger partial charge in [0.1, 0.15) is 17.3 Å². The van der Waals surface area contributed by atoms with Crippen molar-refractivity contribution in [2.45, 2.75) is 26.7 Å². The maximum atomic E-state index is 12.5. The molecule has 0 bridgehead atoms. The van der Waals surface area contributed by atoms with Crippen molar-refractivity contribution in [2.24, 2.45) is 0 Å². The number of hydrogen-bond acceptors (Lipinski definition) is 6. The van der Waals surface area contributed by atoms with E-state index in [2.05, 4.69) is 20.2 Å². The maximum absolute atomic E-state index is 12.5. The molecule has 1 aliphatic heterocycles. The zero-order valence-electron chi connectivity index (χ0n) is 15.0. The second-order valence-corrected chi connectivity index (χ2v) is 6.10. The molecule has 7 heteroatoms. The summed E-state index contributed by atoms with van der Waals surface area (Å²) in [7, 11) is 0. The van der Waals surface area contributed by atoms with Crippen molar-refractivity contribution < 1.29 is 14.3 Å². The van der Waals surface area contributed by atoms with Crippen LogP contribution in [0.2, 0.25) is 0 Å². The van der Waals surface area contributed by atoms with Gasteiger partial charge in [-0.1, -0.05) is 0 Å². The van der Waals surface area contributed by atoms with Crippen LogP contribution in [0.3, 0.4) is 0 Å². The van der Waals surface area contributed by atoms with Crippen LogP contribution in [0.4, 0.5) is 11.5 Å². The number of hydrogen-bond donors (Lipinski definition) is 1. The highest BCUT2D eigenvalue weighted by Crippen LogP contribution is 2.19. The topological polar surface area (TPSA) is 84.4 Å². The Balaban J connectivity index is 1.72. The Morgan fingerprint density at radius 1 is 1.15 bits per heavy atom. The molecule has 1 N–H and O–H groups in total. The Labute approximate surface area is 152 Å². The summed E-state index contributed by atoms with van der Waals surface area (Å²) in [6, 6.07) is 8.29. The Hall–Kier alpha value is -2.96. The average molecular weight is 354 g/mol. The lowest BCUT2D eigenvalue weighted by Crippen LogP contribution is -2.22. The quantitative estimate of drug-likeness (QED) is 0.831. The summed E-state index contributed by atoms with van der Waals surface area (Å²) in [4.78, 5) is 35.1. The van der Waals surface area contributed by atoms with Crippen molar-refractivity contribution in [1.29, 1.82) is 0 Å². The van der Waals surface area contributed by atoms with E-state index in [4.69, 9.17) is 4.74 Å². The number of amides is 1. The van der Waals surface area contributed by atoms with E-state index in [1.54, 1.807) is 44.2 Å². The number of aromatic nitrogens is 2. The van der Waals surface area contributed by atoms with E-state index in [1.807, 2.05) is 0 Å². The fraction of sp³-hybridized carbons (Fsp3) is 0.368. The first kappa shape index (κ1) is 17.8. The van der Waals surface area contributed by atoms with Crippen molar-refractivity contribution in [3.8, 4) is 0 Å². The lowest BCUT2D eigenvalue weighted by atomic mass is 10.2. The first-order valence-corrected chi connectivity index (χ1v) is 8.76. The fourth-order valence-electron chi connectivity index (χ4n) is 2.88. The minimum absolute atomic E-state index is 0.306. The molecule has 26 heavy (non-hydrogen) atoms. The minimum Gasteiger partial charge on any atom is -0.462 e. The number of esters is 1. The number of nitrogens with one attached hydrogen (secondary N) is 1. The fourth-order valence-corrected chi connectivity index (χ4v) is 2.88. The summed E-state index contributed by atoms with van der Waals surface area (Å²) in [5.74, 6) is 0.668. The van der Waals surface area contributed by atoms with Crippen LogP contribution in [0.5, 0.6) is 0 Å². The molecule has 136 valence electrons. The Kier molecular flexibility index (Phi) is 5.46. The average Bonchev–Trinajstić information content (AvgIpc) is 3.17. The number of rotatable bonds is 5. The van der Waals surface area contributed by atoms with Gasteiger partial charge >= 0.3 is 5.97 Å². The summed E-state index contributed by atoms with van der Waals surface area (Å²) >= 11 is 0. The van der Waals surface area contributed by atoms with Crippen molar-refractivity contribution >= 4 is 23.4 Å². The van der Waals surface area contributed by atoms with Gasteiger partial charge < -0.3 is 15.0 Å². The van der Waals surface area contributed by atoms with Crippen LogP contribution in [0.25, 0.3) is 0 Å². The zero-order chi connectivity index (χ0) is 18.5. The third kappa shape index (κ3) is 4.17. The summed E-state index contributed by atoms with van der Waals surface area (Å²) in [6.45, 7) is 5.76. The minimum atomic E-state index is -0.382. The van der Waals surface area contributed by atoms with Gasteiger partial charge in [-0.3, -0.25) is 4.79 Å². The highest BCUT2D eigenvalue weighted by atomic mass is 16.5. The maximum Gasteiger partial charge on any atom is 0.338 e. The molecule has 1 aliphatic rings. The van der Waals surface area contributed by atoms with E-state index in [-0.39, 0.29) is 11.9 Å². The largest absolute Gasteiger partial charge is 0.462 e. The predicted octanol–water partition coefficient (Wildman–Crippen LogP) is 2.81. The summed E-state index contributed by atoms with van der Waals surface area (Å²) in [5, 5.41) is 2.80. The van der Waals surface area contributed by atoms with Gasteiger partial charge in [-0.25, -0.2) is 14.8 Å². The first-order chi connectivity index (χ1) is 12.6. The van der Waals surface area contributed by atoms with Gasteiger partial charge in [-0.15, -0.1) is 0 Å². The lowest BCUT2D eigenvalue weighted by molar-refractivity contribution is 0.0526. The third-order valence-electron chi connectivity index (χ3n) is 4.14. The first-order valence-electron chi connectivity index (χ1n) is 8.76. The molecule has 0 saturated carbocycles. The van der Waals surface area contributed by atoms with Crippen LogP contribution in [-0.2, 0) is 4.74 Å². The highest BCUT2D eigenvalue weighted by Gasteiger charge is 2.17. The number of nitrogens with zero attached hydrogens (tertiary/aromatic N) is 3. The molecule has 1 fully saturated rings. The van der Waals surface area contributed by atoms with Crippen LogP contribution >= 0.6 is 0 Å². The van der Waals surface area contributed by atoms with E-state index in [1.165, 1.54) is 0 Å². The Bertz CT molecular complexity index is 799. The molecule has 0 unspecified atom stereocenters. The molecule has 1 amide bonds. The number of benzene rings is 1. The molecule has 0 spiro atoms. The van der Waals surface area contributed by atoms with E-state index < -0.39 is 0 Å². The van der Waals surface area contributed by atoms with E-state index in [9.17, 15) is 9.59 Å². The molecule has 0 radical (unpaired) electrons. The van der Waals surface area contributed by atoms with Gasteiger partial charge in [0.15, 0.2) is 0 Å². The molecular formula is C19H22N4O3. The molecule has 2 aromatic rings. The van der Waals surface area contributed by atoms with Gasteiger partial charge in [0.05, 0.1) is 12.2 Å². The molecule has 2 heterocycles. The summed E-state index contributed by atoms with van der Waals surface area (Å²) in [5.41, 5.74) is 1.36. The zero-order valence-corrected chi connectivity index (χ0v) is 15.0. The molecule has 0 atom stereocenters. The Morgan fingerprint density at radius 2 is 1.85 bits per heavy atom. The summed E-state index contributed by atoms with van der Waals surface area (Å²) in [6.07, 6.45) is 2.27. The lowest BCUT2D eigenvalue weighted by Gasteiger charge is -2.17. The number of aryl methyl sites for hydroxylation is 1. The van der Waals surface area contributed by atoms with Crippen LogP contribution in [0, 0.1) is 6.92 Å². The second-order valence-electron chi connectivity index (χ2n) is 6.10. The van der Waals surface area contributed by atoms with E-state index in [0.29, 0.717) is 29.4 Å². The molecule has 3 rings (SSSR count). The normalized spacial score (nSPS) is 13.5. The molecule has 1 saturated heterocycles. The number of ether oxygens (including phenoxy) is 1. The third-order valence-corrected chi connectivity index (χ3v) is 4.14. The molecule has 0 aliphatic carbocycles. The van der Waals surface area contributed by atoms with Crippen molar-refractivity contribution in [1.82, 2.24) is 9.97 Å². The van der Waals surface area contributed by atoms with Crippen LogP contribution in [0.1, 0.15) is 46.4 Å². The second kappa shape index (κ2) is 7.95. The molecule has 7 nitrogen and oxygen atoms in total.